The minimum atomic E-state index is -2.05. The van der Waals surface area contributed by atoms with Crippen molar-refractivity contribution in [3.8, 4) is 17.8 Å². The average molecular weight is 319 g/mol. The summed E-state index contributed by atoms with van der Waals surface area (Å²) in [6.45, 7) is 1.63. The summed E-state index contributed by atoms with van der Waals surface area (Å²) in [5, 5.41) is 32.0. The first-order valence-electron chi connectivity index (χ1n) is 6.80. The molecular weight excluding hydrogens is 298 g/mol. The summed E-state index contributed by atoms with van der Waals surface area (Å²) < 4.78 is 9.78. The van der Waals surface area contributed by atoms with Gasteiger partial charge >= 0.3 is 5.97 Å². The second-order valence-electron chi connectivity index (χ2n) is 4.13. The third-order valence-corrected chi connectivity index (χ3v) is 2.46. The van der Waals surface area contributed by atoms with Gasteiger partial charge in [-0.3, -0.25) is 0 Å². The summed E-state index contributed by atoms with van der Waals surface area (Å²) in [6.07, 6.45) is 0.877. The van der Waals surface area contributed by atoms with E-state index in [1.165, 1.54) is 0 Å². The van der Waals surface area contributed by atoms with Crippen molar-refractivity contribution >= 4 is 0 Å². The molecule has 0 saturated carbocycles. The summed E-state index contributed by atoms with van der Waals surface area (Å²) in [7, 11) is 1.66. The van der Waals surface area contributed by atoms with E-state index in [0.29, 0.717) is 5.75 Å². The maximum absolute atomic E-state index is 9.11. The topological polar surface area (TPSA) is 103 Å². The SMILES string of the molecule is CCC(O)(O)Oc1ccccc1.COc1ccccc1.N#CO. The van der Waals surface area contributed by atoms with Gasteiger partial charge in [0.1, 0.15) is 11.5 Å². The normalized spacial score (nSPS) is 9.17. The lowest BCUT2D eigenvalue weighted by atomic mass is 10.3. The van der Waals surface area contributed by atoms with E-state index in [4.69, 9.17) is 30.1 Å². The number of nitriles is 1. The van der Waals surface area contributed by atoms with Crippen molar-refractivity contribution in [3.63, 3.8) is 0 Å². The third-order valence-electron chi connectivity index (χ3n) is 2.46. The second-order valence-corrected chi connectivity index (χ2v) is 4.13. The molecule has 0 heterocycles. The van der Waals surface area contributed by atoms with Crippen molar-refractivity contribution in [3.05, 3.63) is 60.7 Å². The first-order valence-corrected chi connectivity index (χ1v) is 6.80. The predicted molar refractivity (Wildman–Crippen MR) is 85.1 cm³/mol. The fourth-order valence-electron chi connectivity index (χ4n) is 1.31. The zero-order chi connectivity index (χ0) is 17.6. The summed E-state index contributed by atoms with van der Waals surface area (Å²) in [6, 6.07) is 18.4. The molecule has 2 aromatic rings. The van der Waals surface area contributed by atoms with Crippen LogP contribution in [0.1, 0.15) is 13.3 Å². The van der Waals surface area contributed by atoms with E-state index in [-0.39, 0.29) is 6.42 Å². The number of aliphatic hydroxyl groups excluding tert-OH is 1. The molecule has 0 aromatic heterocycles. The molecule has 0 atom stereocenters. The van der Waals surface area contributed by atoms with Crippen molar-refractivity contribution in [2.45, 2.75) is 19.3 Å². The zero-order valence-electron chi connectivity index (χ0n) is 13.1. The molecule has 0 amide bonds. The van der Waals surface area contributed by atoms with Crippen molar-refractivity contribution in [2.24, 2.45) is 0 Å². The molecule has 0 bridgehead atoms. The molecular formula is C17H21NO5. The molecule has 6 heteroatoms. The number of rotatable bonds is 4. The Labute approximate surface area is 135 Å². The Morgan fingerprint density at radius 2 is 1.35 bits per heavy atom. The fourth-order valence-corrected chi connectivity index (χ4v) is 1.31. The highest BCUT2D eigenvalue weighted by atomic mass is 16.8. The molecule has 0 aliphatic rings. The highest BCUT2D eigenvalue weighted by molar-refractivity contribution is 5.21. The first-order chi connectivity index (χ1) is 11.0. The molecule has 0 unspecified atom stereocenters. The van der Waals surface area contributed by atoms with Gasteiger partial charge in [0.15, 0.2) is 0 Å². The van der Waals surface area contributed by atoms with Crippen LogP contribution in [0.3, 0.4) is 0 Å². The minimum Gasteiger partial charge on any atom is -0.497 e. The maximum atomic E-state index is 9.11. The lowest BCUT2D eigenvalue weighted by Crippen LogP contribution is -2.34. The summed E-state index contributed by atoms with van der Waals surface area (Å²) >= 11 is 0. The summed E-state index contributed by atoms with van der Waals surface area (Å²) in [5.41, 5.74) is 0. The van der Waals surface area contributed by atoms with Gasteiger partial charge < -0.3 is 24.8 Å². The molecule has 0 saturated heterocycles. The molecule has 3 N–H and O–H groups in total. The highest BCUT2D eigenvalue weighted by Gasteiger charge is 2.21. The number of methoxy groups -OCH3 is 1. The number of para-hydroxylation sites is 2. The van der Waals surface area contributed by atoms with Crippen molar-refractivity contribution in [1.82, 2.24) is 0 Å². The van der Waals surface area contributed by atoms with Gasteiger partial charge in [0.05, 0.1) is 7.11 Å². The number of hydrogen-bond acceptors (Lipinski definition) is 6. The van der Waals surface area contributed by atoms with Crippen LogP contribution in [-0.2, 0) is 0 Å². The molecule has 0 aliphatic carbocycles. The molecule has 6 nitrogen and oxygen atoms in total. The third kappa shape index (κ3) is 10.6. The Morgan fingerprint density at radius 1 is 0.957 bits per heavy atom. The van der Waals surface area contributed by atoms with Crippen LogP contribution in [0.4, 0.5) is 0 Å². The van der Waals surface area contributed by atoms with Crippen molar-refractivity contribution in [1.29, 1.82) is 5.26 Å². The monoisotopic (exact) mass is 319 g/mol. The average Bonchev–Trinajstić information content (AvgIpc) is 2.57. The van der Waals surface area contributed by atoms with Crippen LogP contribution in [0.25, 0.3) is 0 Å². The standard InChI is InChI=1S/C9H12O3.C7H8O.CHNO/c1-2-9(10,11)12-8-6-4-3-5-7-8;1-8-7-5-3-2-4-6-7;2-1-3/h3-7,10-11H,2H2,1H3;2-6H,1H3;3H. The van der Waals surface area contributed by atoms with Crippen LogP contribution in [0.5, 0.6) is 11.5 Å². The lowest BCUT2D eigenvalue weighted by Gasteiger charge is -2.20. The van der Waals surface area contributed by atoms with Gasteiger partial charge in [-0.2, -0.15) is 5.26 Å². The number of nitrogens with zero attached hydrogens (tertiary/aromatic N) is 1. The van der Waals surface area contributed by atoms with Gasteiger partial charge in [-0.15, -0.1) is 0 Å². The highest BCUT2D eigenvalue weighted by Crippen LogP contribution is 2.16. The predicted octanol–water partition coefficient (Wildman–Crippen LogP) is 2.65. The van der Waals surface area contributed by atoms with Crippen LogP contribution in [-0.4, -0.2) is 28.4 Å². The summed E-state index contributed by atoms with van der Waals surface area (Å²) in [4.78, 5) is 0. The van der Waals surface area contributed by atoms with E-state index in [0.717, 1.165) is 12.0 Å². The van der Waals surface area contributed by atoms with Crippen LogP contribution < -0.4 is 9.47 Å². The van der Waals surface area contributed by atoms with Gasteiger partial charge in [-0.1, -0.05) is 43.3 Å². The molecule has 2 rings (SSSR count). The molecule has 2 aromatic carbocycles. The van der Waals surface area contributed by atoms with E-state index in [2.05, 4.69) is 0 Å². The van der Waals surface area contributed by atoms with E-state index in [1.807, 2.05) is 36.4 Å². The van der Waals surface area contributed by atoms with Gasteiger partial charge in [0.2, 0.25) is 0 Å². The summed E-state index contributed by atoms with van der Waals surface area (Å²) in [5.74, 6) is -0.696. The number of aliphatic hydroxyl groups is 3. The first kappa shape index (κ1) is 20.2. The number of benzene rings is 2. The molecule has 0 spiro atoms. The van der Waals surface area contributed by atoms with E-state index < -0.39 is 5.97 Å². The fraction of sp³-hybridized carbons (Fsp3) is 0.235. The quantitative estimate of drug-likeness (QED) is 0.591. The Kier molecular flexibility index (Phi) is 10.4. The van der Waals surface area contributed by atoms with Crippen LogP contribution in [0, 0.1) is 11.5 Å². The van der Waals surface area contributed by atoms with Crippen LogP contribution >= 0.6 is 0 Å². The van der Waals surface area contributed by atoms with Crippen molar-refractivity contribution < 1.29 is 24.8 Å². The van der Waals surface area contributed by atoms with Crippen LogP contribution in [0.15, 0.2) is 60.7 Å². The molecule has 0 radical (unpaired) electrons. The van der Waals surface area contributed by atoms with E-state index in [9.17, 15) is 0 Å². The maximum Gasteiger partial charge on any atom is 0.321 e. The van der Waals surface area contributed by atoms with Gasteiger partial charge in [-0.05, 0) is 24.3 Å². The largest absolute Gasteiger partial charge is 0.497 e. The van der Waals surface area contributed by atoms with Gasteiger partial charge in [0, 0.05) is 6.42 Å². The van der Waals surface area contributed by atoms with Crippen LogP contribution in [0.2, 0.25) is 0 Å². The lowest BCUT2D eigenvalue weighted by molar-refractivity contribution is -0.292. The molecule has 23 heavy (non-hydrogen) atoms. The smallest absolute Gasteiger partial charge is 0.321 e. The van der Waals surface area contributed by atoms with E-state index >= 15 is 0 Å². The Morgan fingerprint density at radius 3 is 1.65 bits per heavy atom. The Hall–Kier alpha value is -2.75. The Balaban J connectivity index is 0.000000379. The molecule has 124 valence electrons. The minimum absolute atomic E-state index is 0.127. The molecule has 0 aliphatic heterocycles. The second kappa shape index (κ2) is 11.9. The van der Waals surface area contributed by atoms with E-state index in [1.54, 1.807) is 38.3 Å². The van der Waals surface area contributed by atoms with Gasteiger partial charge in [0.25, 0.3) is 6.26 Å². The van der Waals surface area contributed by atoms with Gasteiger partial charge in [-0.25, -0.2) is 0 Å². The number of ether oxygens (including phenoxy) is 2. The number of hydrogen-bond donors (Lipinski definition) is 3. The van der Waals surface area contributed by atoms with Crippen molar-refractivity contribution in [2.75, 3.05) is 7.11 Å². The Bertz CT molecular complexity index is 552. The zero-order valence-corrected chi connectivity index (χ0v) is 13.1. The molecule has 0 fully saturated rings.